The smallest absolute Gasteiger partial charge is 0.243 e. The lowest BCUT2D eigenvalue weighted by atomic mass is 10.3. The van der Waals surface area contributed by atoms with Crippen molar-refractivity contribution in [2.75, 3.05) is 19.8 Å². The minimum atomic E-state index is -4.03. The Morgan fingerprint density at radius 2 is 2.00 bits per heavy atom. The van der Waals surface area contributed by atoms with Crippen LogP contribution in [0.1, 0.15) is 6.92 Å². The Balaban J connectivity index is 3.12. The number of sulfonamides is 1. The van der Waals surface area contributed by atoms with Gasteiger partial charge in [0.25, 0.3) is 0 Å². The molecule has 0 spiro atoms. The number of amides is 1. The van der Waals surface area contributed by atoms with Crippen molar-refractivity contribution in [2.24, 2.45) is 0 Å². The maximum Gasteiger partial charge on any atom is 0.243 e. The molecule has 0 heterocycles. The molecule has 3 N–H and O–H groups in total. The summed E-state index contributed by atoms with van der Waals surface area (Å²) in [5, 5.41) is 0. The SMILES string of the molecule is CC(NS(=O)(=O)c1cc(Br)c(F)cc1N)C(=O)N(C)C. The molecule has 1 aromatic rings. The predicted octanol–water partition coefficient (Wildman–Crippen LogP) is 0.925. The van der Waals surface area contributed by atoms with E-state index >= 15 is 0 Å². The molecule has 1 rings (SSSR count). The van der Waals surface area contributed by atoms with E-state index in [9.17, 15) is 17.6 Å². The second-order valence-corrected chi connectivity index (χ2v) is 6.92. The molecule has 1 amide bonds. The van der Waals surface area contributed by atoms with E-state index in [-0.39, 0.29) is 15.1 Å². The first-order valence-electron chi connectivity index (χ1n) is 5.54. The quantitative estimate of drug-likeness (QED) is 0.774. The van der Waals surface area contributed by atoms with Crippen molar-refractivity contribution >= 4 is 37.5 Å². The van der Waals surface area contributed by atoms with E-state index in [1.165, 1.54) is 25.9 Å². The molecule has 0 saturated carbocycles. The van der Waals surface area contributed by atoms with E-state index in [0.717, 1.165) is 12.1 Å². The Morgan fingerprint density at radius 3 is 2.50 bits per heavy atom. The Bertz CT molecular complexity index is 634. The first kappa shape index (κ1) is 16.9. The lowest BCUT2D eigenvalue weighted by Gasteiger charge is -2.18. The molecule has 1 atom stereocenters. The Morgan fingerprint density at radius 1 is 1.45 bits per heavy atom. The summed E-state index contributed by atoms with van der Waals surface area (Å²) in [7, 11) is -1.01. The number of nitrogen functional groups attached to an aromatic ring is 1. The van der Waals surface area contributed by atoms with E-state index in [1.54, 1.807) is 0 Å². The summed E-state index contributed by atoms with van der Waals surface area (Å²) in [5.41, 5.74) is 5.28. The fraction of sp³-hybridized carbons (Fsp3) is 0.364. The van der Waals surface area contributed by atoms with Crippen LogP contribution in [-0.4, -0.2) is 39.4 Å². The first-order chi connectivity index (χ1) is 9.06. The zero-order valence-corrected chi connectivity index (χ0v) is 13.5. The van der Waals surface area contributed by atoms with Crippen molar-refractivity contribution in [1.82, 2.24) is 9.62 Å². The Kier molecular flexibility index (Phi) is 5.11. The average Bonchev–Trinajstić information content (AvgIpc) is 2.31. The molecule has 0 saturated heterocycles. The van der Waals surface area contributed by atoms with E-state index in [0.29, 0.717) is 0 Å². The summed E-state index contributed by atoms with van der Waals surface area (Å²) in [6.45, 7) is 1.41. The number of nitrogens with two attached hydrogens (primary N) is 1. The second-order valence-electron chi connectivity index (χ2n) is 4.38. The summed E-state index contributed by atoms with van der Waals surface area (Å²) in [6, 6.07) is 0.995. The molecule has 0 fully saturated rings. The Labute approximate surface area is 125 Å². The van der Waals surface area contributed by atoms with Crippen LogP contribution in [0.15, 0.2) is 21.5 Å². The van der Waals surface area contributed by atoms with Crippen LogP contribution in [0.3, 0.4) is 0 Å². The summed E-state index contributed by atoms with van der Waals surface area (Å²) in [5.74, 6) is -1.08. The van der Waals surface area contributed by atoms with Gasteiger partial charge in [-0.15, -0.1) is 0 Å². The van der Waals surface area contributed by atoms with Gasteiger partial charge in [0.05, 0.1) is 16.2 Å². The Hall–Kier alpha value is -1.19. The van der Waals surface area contributed by atoms with Crippen molar-refractivity contribution in [1.29, 1.82) is 0 Å². The summed E-state index contributed by atoms with van der Waals surface area (Å²) in [6.07, 6.45) is 0. The molecule has 1 unspecified atom stereocenters. The highest BCUT2D eigenvalue weighted by atomic mass is 79.9. The van der Waals surface area contributed by atoms with Gasteiger partial charge in [0, 0.05) is 14.1 Å². The van der Waals surface area contributed by atoms with Gasteiger partial charge in [0.2, 0.25) is 15.9 Å². The molecule has 1 aromatic carbocycles. The van der Waals surface area contributed by atoms with Gasteiger partial charge in [0.1, 0.15) is 10.7 Å². The van der Waals surface area contributed by atoms with Crippen LogP contribution >= 0.6 is 15.9 Å². The van der Waals surface area contributed by atoms with Crippen LogP contribution in [-0.2, 0) is 14.8 Å². The predicted molar refractivity (Wildman–Crippen MR) is 77.0 cm³/mol. The minimum Gasteiger partial charge on any atom is -0.398 e. The molecule has 0 aliphatic rings. The summed E-state index contributed by atoms with van der Waals surface area (Å²) in [4.78, 5) is 12.6. The number of benzene rings is 1. The van der Waals surface area contributed by atoms with Crippen molar-refractivity contribution < 1.29 is 17.6 Å². The van der Waals surface area contributed by atoms with Gasteiger partial charge < -0.3 is 10.6 Å². The fourth-order valence-corrected chi connectivity index (χ4v) is 3.34. The summed E-state index contributed by atoms with van der Waals surface area (Å²) >= 11 is 2.89. The van der Waals surface area contributed by atoms with Gasteiger partial charge in [-0.3, -0.25) is 4.79 Å². The number of hydrogen-bond donors (Lipinski definition) is 2. The van der Waals surface area contributed by atoms with E-state index in [2.05, 4.69) is 20.7 Å². The third kappa shape index (κ3) is 3.68. The lowest BCUT2D eigenvalue weighted by molar-refractivity contribution is -0.130. The number of rotatable bonds is 4. The highest BCUT2D eigenvalue weighted by Gasteiger charge is 2.25. The van der Waals surface area contributed by atoms with Gasteiger partial charge in [-0.05, 0) is 35.0 Å². The molecule has 0 radical (unpaired) electrons. The number of halogens is 2. The maximum absolute atomic E-state index is 13.2. The summed E-state index contributed by atoms with van der Waals surface area (Å²) < 4.78 is 39.7. The number of likely N-dealkylation sites (N-methyl/N-ethyl adjacent to an activating group) is 1. The van der Waals surface area contributed by atoms with Crippen LogP contribution in [0.5, 0.6) is 0 Å². The van der Waals surface area contributed by atoms with Crippen molar-refractivity contribution in [3.63, 3.8) is 0 Å². The highest BCUT2D eigenvalue weighted by molar-refractivity contribution is 9.10. The van der Waals surface area contributed by atoms with Crippen LogP contribution < -0.4 is 10.5 Å². The monoisotopic (exact) mass is 367 g/mol. The molecule has 0 aliphatic heterocycles. The molecular formula is C11H15BrFN3O3S. The number of nitrogens with one attached hydrogen (secondary N) is 1. The van der Waals surface area contributed by atoms with Gasteiger partial charge >= 0.3 is 0 Å². The second kappa shape index (κ2) is 6.06. The number of anilines is 1. The van der Waals surface area contributed by atoms with E-state index in [1.807, 2.05) is 0 Å². The van der Waals surface area contributed by atoms with Crippen molar-refractivity contribution in [2.45, 2.75) is 17.9 Å². The molecule has 0 bridgehead atoms. The largest absolute Gasteiger partial charge is 0.398 e. The topological polar surface area (TPSA) is 92.5 Å². The van der Waals surface area contributed by atoms with E-state index < -0.39 is 27.8 Å². The minimum absolute atomic E-state index is 0.0290. The maximum atomic E-state index is 13.2. The van der Waals surface area contributed by atoms with Crippen molar-refractivity contribution in [3.8, 4) is 0 Å². The van der Waals surface area contributed by atoms with Gasteiger partial charge in [-0.1, -0.05) is 0 Å². The number of carbonyl (C=O) groups excluding carboxylic acids is 1. The normalized spacial score (nSPS) is 13.1. The fourth-order valence-electron chi connectivity index (χ4n) is 1.51. The number of carbonyl (C=O) groups is 1. The third-order valence-corrected chi connectivity index (χ3v) is 4.69. The molecule has 0 aliphatic carbocycles. The molecule has 0 aromatic heterocycles. The molecule has 9 heteroatoms. The van der Waals surface area contributed by atoms with Crippen molar-refractivity contribution in [3.05, 3.63) is 22.4 Å². The van der Waals surface area contributed by atoms with Crippen LogP contribution in [0.2, 0.25) is 0 Å². The standard InChI is InChI=1S/C11H15BrFN3O3S/c1-6(11(17)16(2)3)15-20(18,19)10-4-7(12)8(13)5-9(10)14/h4-6,15H,14H2,1-3H3. The first-order valence-corrected chi connectivity index (χ1v) is 7.82. The lowest BCUT2D eigenvalue weighted by Crippen LogP contribution is -2.44. The molecular weight excluding hydrogens is 353 g/mol. The average molecular weight is 368 g/mol. The third-order valence-electron chi connectivity index (χ3n) is 2.49. The number of nitrogens with zero attached hydrogens (tertiary/aromatic N) is 1. The molecule has 112 valence electrons. The molecule has 6 nitrogen and oxygen atoms in total. The van der Waals surface area contributed by atoms with Crippen LogP contribution in [0.4, 0.5) is 10.1 Å². The van der Waals surface area contributed by atoms with Gasteiger partial charge in [0.15, 0.2) is 0 Å². The van der Waals surface area contributed by atoms with Gasteiger partial charge in [-0.25, -0.2) is 12.8 Å². The van der Waals surface area contributed by atoms with Gasteiger partial charge in [-0.2, -0.15) is 4.72 Å². The zero-order valence-electron chi connectivity index (χ0n) is 11.1. The van der Waals surface area contributed by atoms with Crippen LogP contribution in [0, 0.1) is 5.82 Å². The highest BCUT2D eigenvalue weighted by Crippen LogP contribution is 2.26. The zero-order chi connectivity index (χ0) is 15.7. The van der Waals surface area contributed by atoms with Crippen LogP contribution in [0.25, 0.3) is 0 Å². The molecule has 20 heavy (non-hydrogen) atoms. The number of hydrogen-bond acceptors (Lipinski definition) is 4. The van der Waals surface area contributed by atoms with E-state index in [4.69, 9.17) is 5.73 Å².